The Morgan fingerprint density at radius 2 is 2.00 bits per heavy atom. The number of carbonyl (C=O) groups excluding carboxylic acids is 1. The third-order valence-corrected chi connectivity index (χ3v) is 5.50. The van der Waals surface area contributed by atoms with Crippen LogP contribution in [0.3, 0.4) is 0 Å². The smallest absolute Gasteiger partial charge is 0.262 e. The maximum atomic E-state index is 13.8. The predicted octanol–water partition coefficient (Wildman–Crippen LogP) is 3.68. The van der Waals surface area contributed by atoms with Gasteiger partial charge in [0.05, 0.1) is 4.47 Å². The fraction of sp³-hybridized carbons (Fsp3) is 0.462. The van der Waals surface area contributed by atoms with Gasteiger partial charge < -0.3 is 5.32 Å². The molecule has 4 nitrogen and oxygen atoms in total. The fourth-order valence-corrected chi connectivity index (χ4v) is 3.96. The zero-order valence-electron chi connectivity index (χ0n) is 11.8. The van der Waals surface area contributed by atoms with E-state index < -0.39 is 25.7 Å². The van der Waals surface area contributed by atoms with E-state index in [0.29, 0.717) is 6.42 Å². The molecule has 0 saturated carbocycles. The van der Waals surface area contributed by atoms with Crippen LogP contribution in [0, 0.1) is 11.7 Å². The molecule has 0 aliphatic rings. The highest BCUT2D eigenvalue weighted by Gasteiger charge is 2.22. The van der Waals surface area contributed by atoms with Gasteiger partial charge in [-0.3, -0.25) is 4.79 Å². The van der Waals surface area contributed by atoms with Gasteiger partial charge in [-0.15, -0.1) is 0 Å². The second-order valence-corrected chi connectivity index (χ2v) is 8.27. The molecule has 1 aromatic rings. The average Bonchev–Trinajstić information content (AvgIpc) is 2.36. The van der Waals surface area contributed by atoms with Crippen LogP contribution in [-0.4, -0.2) is 20.4 Å². The zero-order chi connectivity index (χ0) is 16.4. The Labute approximate surface area is 136 Å². The summed E-state index contributed by atoms with van der Waals surface area (Å²) in [7, 11) is 1.08. The predicted molar refractivity (Wildman–Crippen MR) is 83.5 cm³/mol. The molecular weight excluding hydrogens is 385 g/mol. The van der Waals surface area contributed by atoms with Crippen LogP contribution in [0.4, 0.5) is 4.39 Å². The molecule has 1 aromatic carbocycles. The van der Waals surface area contributed by atoms with E-state index in [2.05, 4.69) is 21.2 Å². The van der Waals surface area contributed by atoms with E-state index in [4.69, 9.17) is 10.7 Å². The van der Waals surface area contributed by atoms with Gasteiger partial charge in [0.15, 0.2) is 0 Å². The van der Waals surface area contributed by atoms with Crippen molar-refractivity contribution in [1.82, 2.24) is 5.32 Å². The van der Waals surface area contributed by atoms with Gasteiger partial charge in [-0.25, -0.2) is 12.8 Å². The van der Waals surface area contributed by atoms with E-state index >= 15 is 0 Å². The van der Waals surface area contributed by atoms with Crippen molar-refractivity contribution in [2.24, 2.45) is 5.92 Å². The summed E-state index contributed by atoms with van der Waals surface area (Å²) < 4.78 is 36.3. The second-order valence-electron chi connectivity index (χ2n) is 4.94. The van der Waals surface area contributed by atoms with Gasteiger partial charge in [0.1, 0.15) is 10.7 Å². The fourth-order valence-electron chi connectivity index (χ4n) is 1.86. The monoisotopic (exact) mass is 399 g/mol. The van der Waals surface area contributed by atoms with Crippen molar-refractivity contribution in [1.29, 1.82) is 0 Å². The number of rotatable bonds is 5. The first kappa shape index (κ1) is 18.4. The van der Waals surface area contributed by atoms with Crippen molar-refractivity contribution in [3.63, 3.8) is 0 Å². The molecule has 21 heavy (non-hydrogen) atoms. The van der Waals surface area contributed by atoms with Gasteiger partial charge in [0.25, 0.3) is 15.0 Å². The van der Waals surface area contributed by atoms with E-state index in [9.17, 15) is 17.6 Å². The third-order valence-electron chi connectivity index (χ3n) is 3.08. The lowest BCUT2D eigenvalue weighted by Crippen LogP contribution is -2.38. The molecule has 0 saturated heterocycles. The average molecular weight is 401 g/mol. The van der Waals surface area contributed by atoms with Gasteiger partial charge in [0, 0.05) is 22.3 Å². The largest absolute Gasteiger partial charge is 0.349 e. The van der Waals surface area contributed by atoms with E-state index in [0.717, 1.165) is 12.1 Å². The lowest BCUT2D eigenvalue weighted by molar-refractivity contribution is 0.0924. The lowest BCUT2D eigenvalue weighted by Gasteiger charge is -2.21. The molecule has 8 heteroatoms. The van der Waals surface area contributed by atoms with Crippen LogP contribution in [0.25, 0.3) is 0 Å². The molecule has 0 fully saturated rings. The number of hydrogen-bond donors (Lipinski definition) is 1. The van der Waals surface area contributed by atoms with Gasteiger partial charge in [-0.1, -0.05) is 20.8 Å². The minimum Gasteiger partial charge on any atom is -0.349 e. The topological polar surface area (TPSA) is 63.2 Å². The Morgan fingerprint density at radius 1 is 1.43 bits per heavy atom. The molecule has 0 aliphatic heterocycles. The van der Waals surface area contributed by atoms with Gasteiger partial charge in [0.2, 0.25) is 0 Å². The maximum Gasteiger partial charge on any atom is 0.262 e. The normalized spacial score (nSPS) is 13.3. The van der Waals surface area contributed by atoms with Crippen LogP contribution in [0.15, 0.2) is 21.5 Å². The van der Waals surface area contributed by atoms with Crippen LogP contribution in [-0.2, 0) is 9.05 Å². The van der Waals surface area contributed by atoms with Crippen molar-refractivity contribution in [3.8, 4) is 0 Å². The van der Waals surface area contributed by atoms with Crippen LogP contribution in [0.2, 0.25) is 0 Å². The van der Waals surface area contributed by atoms with E-state index in [1.807, 2.05) is 20.8 Å². The number of carbonyl (C=O) groups is 1. The van der Waals surface area contributed by atoms with Crippen molar-refractivity contribution >= 4 is 41.6 Å². The molecule has 0 radical (unpaired) electrons. The van der Waals surface area contributed by atoms with Crippen molar-refractivity contribution < 1.29 is 17.6 Å². The number of halogens is 3. The summed E-state index contributed by atoms with van der Waals surface area (Å²) in [4.78, 5) is 11.7. The van der Waals surface area contributed by atoms with E-state index in [1.165, 1.54) is 0 Å². The Morgan fingerprint density at radius 3 is 2.43 bits per heavy atom. The minimum absolute atomic E-state index is 0.0831. The summed E-state index contributed by atoms with van der Waals surface area (Å²) in [6, 6.07) is 1.94. The maximum absolute atomic E-state index is 13.8. The van der Waals surface area contributed by atoms with E-state index in [1.54, 1.807) is 0 Å². The SMILES string of the molecule is CCC(NC(=O)c1cc(F)c(Br)c(S(=O)(=O)Cl)c1)C(C)C. The molecule has 118 valence electrons. The summed E-state index contributed by atoms with van der Waals surface area (Å²) in [6.07, 6.45) is 0.711. The molecular formula is C13H16BrClFNO3S. The number of benzene rings is 1. The molecule has 0 aromatic heterocycles. The van der Waals surface area contributed by atoms with Crippen LogP contribution in [0.5, 0.6) is 0 Å². The summed E-state index contributed by atoms with van der Waals surface area (Å²) in [5.41, 5.74) is -0.0889. The van der Waals surface area contributed by atoms with E-state index in [-0.39, 0.29) is 22.0 Å². The molecule has 1 N–H and O–H groups in total. The van der Waals surface area contributed by atoms with Gasteiger partial charge >= 0.3 is 0 Å². The van der Waals surface area contributed by atoms with Gasteiger partial charge in [-0.2, -0.15) is 0 Å². The summed E-state index contributed by atoms with van der Waals surface area (Å²) >= 11 is 2.82. The Kier molecular flexibility index (Phi) is 6.19. The first-order valence-electron chi connectivity index (χ1n) is 6.32. The molecule has 1 rings (SSSR count). The van der Waals surface area contributed by atoms with Crippen LogP contribution >= 0.6 is 26.6 Å². The molecule has 0 spiro atoms. The standard InChI is InChI=1S/C13H16BrClFNO3S/c1-4-10(7(2)3)17-13(18)8-5-9(16)12(14)11(6-8)21(15,19)20/h5-7,10H,4H2,1-3H3,(H,17,18). The van der Waals surface area contributed by atoms with Crippen molar-refractivity contribution in [3.05, 3.63) is 28.0 Å². The Balaban J connectivity index is 3.20. The highest BCUT2D eigenvalue weighted by molar-refractivity contribution is 9.10. The number of hydrogen-bond acceptors (Lipinski definition) is 3. The molecule has 0 heterocycles. The first-order chi connectivity index (χ1) is 9.57. The molecule has 0 aliphatic carbocycles. The molecule has 1 atom stereocenters. The second kappa shape index (κ2) is 7.07. The highest BCUT2D eigenvalue weighted by Crippen LogP contribution is 2.29. The summed E-state index contributed by atoms with van der Waals surface area (Å²) in [5.74, 6) is -1.20. The first-order valence-corrected chi connectivity index (χ1v) is 9.42. The third kappa shape index (κ3) is 4.66. The van der Waals surface area contributed by atoms with Crippen LogP contribution in [0.1, 0.15) is 37.6 Å². The Bertz CT molecular complexity index is 649. The zero-order valence-corrected chi connectivity index (χ0v) is 14.9. The highest BCUT2D eigenvalue weighted by atomic mass is 79.9. The van der Waals surface area contributed by atoms with Crippen LogP contribution < -0.4 is 5.32 Å². The van der Waals surface area contributed by atoms with Crippen molar-refractivity contribution in [2.75, 3.05) is 0 Å². The molecule has 1 amide bonds. The summed E-state index contributed by atoms with van der Waals surface area (Å²) in [6.45, 7) is 5.82. The quantitative estimate of drug-likeness (QED) is 0.767. The van der Waals surface area contributed by atoms with Gasteiger partial charge in [-0.05, 0) is 40.4 Å². The summed E-state index contributed by atoms with van der Waals surface area (Å²) in [5, 5.41) is 2.75. The number of nitrogens with one attached hydrogen (secondary N) is 1. The molecule has 0 bridgehead atoms. The van der Waals surface area contributed by atoms with Crippen molar-refractivity contribution in [2.45, 2.75) is 38.1 Å². The lowest BCUT2D eigenvalue weighted by atomic mass is 10.0. The molecule has 1 unspecified atom stereocenters. The Hall–Kier alpha value is -0.660. The minimum atomic E-state index is -4.16. The number of amides is 1.